The van der Waals surface area contributed by atoms with E-state index in [1.54, 1.807) is 18.2 Å². The second-order valence-corrected chi connectivity index (χ2v) is 5.01. The third-order valence-corrected chi connectivity index (χ3v) is 3.37. The normalized spacial score (nSPS) is 15.5. The molecule has 0 bridgehead atoms. The largest absolute Gasteiger partial charge is 0.482 e. The lowest BCUT2D eigenvalue weighted by Gasteiger charge is -2.08. The zero-order valence-corrected chi connectivity index (χ0v) is 11.8. The average Bonchev–Trinajstić information content (AvgIpc) is 2.96. The molecular formula is C17H15NO4. The van der Waals surface area contributed by atoms with Crippen LogP contribution >= 0.6 is 0 Å². The van der Waals surface area contributed by atoms with Gasteiger partial charge in [-0.15, -0.1) is 0 Å². The lowest BCUT2D eigenvalue weighted by molar-refractivity contribution is -0.113. The molecule has 2 aromatic carbocycles. The van der Waals surface area contributed by atoms with Crippen molar-refractivity contribution in [3.63, 3.8) is 0 Å². The average molecular weight is 297 g/mol. The number of nitrogens with one attached hydrogen (secondary N) is 1. The Bertz CT molecular complexity index is 684. The number of carbonyl (C=O) groups is 2. The van der Waals surface area contributed by atoms with Crippen LogP contribution < -0.4 is 10.1 Å². The van der Waals surface area contributed by atoms with Gasteiger partial charge in [0.1, 0.15) is 12.4 Å². The van der Waals surface area contributed by atoms with E-state index >= 15 is 0 Å². The minimum atomic E-state index is -0.519. The van der Waals surface area contributed by atoms with E-state index < -0.39 is 12.2 Å². The lowest BCUT2D eigenvalue weighted by atomic mass is 10.1. The van der Waals surface area contributed by atoms with Crippen LogP contribution in [0.15, 0.2) is 48.5 Å². The minimum Gasteiger partial charge on any atom is -0.482 e. The molecule has 112 valence electrons. The zero-order chi connectivity index (χ0) is 15.4. The highest BCUT2D eigenvalue weighted by Gasteiger charge is 2.22. The van der Waals surface area contributed by atoms with Crippen LogP contribution in [0.25, 0.3) is 0 Å². The Morgan fingerprint density at radius 2 is 2.09 bits per heavy atom. The molecule has 3 rings (SSSR count). The number of anilines is 1. The second-order valence-electron chi connectivity index (χ2n) is 5.01. The molecule has 1 N–H and O–H groups in total. The van der Waals surface area contributed by atoms with Gasteiger partial charge in [0, 0.05) is 17.7 Å². The predicted octanol–water partition coefficient (Wildman–Crippen LogP) is 2.94. The van der Waals surface area contributed by atoms with Gasteiger partial charge in [-0.05, 0) is 23.8 Å². The van der Waals surface area contributed by atoms with E-state index in [0.717, 1.165) is 17.4 Å². The van der Waals surface area contributed by atoms with Crippen LogP contribution in [0.2, 0.25) is 0 Å². The topological polar surface area (TPSA) is 64.6 Å². The predicted molar refractivity (Wildman–Crippen MR) is 80.9 cm³/mol. The first-order valence-corrected chi connectivity index (χ1v) is 6.97. The Kier molecular flexibility index (Phi) is 4.05. The molecule has 2 aromatic rings. The first kappa shape index (κ1) is 14.1. The lowest BCUT2D eigenvalue weighted by Crippen LogP contribution is -2.13. The van der Waals surface area contributed by atoms with Crippen molar-refractivity contribution in [2.45, 2.75) is 19.1 Å². The molecule has 0 spiro atoms. The van der Waals surface area contributed by atoms with E-state index in [9.17, 15) is 9.59 Å². The van der Waals surface area contributed by atoms with Crippen LogP contribution in [-0.2, 0) is 22.6 Å². The molecule has 0 saturated heterocycles. The number of hydrogen-bond donors (Lipinski definition) is 1. The van der Waals surface area contributed by atoms with Crippen molar-refractivity contribution in [1.29, 1.82) is 0 Å². The molecule has 1 aliphatic heterocycles. The van der Waals surface area contributed by atoms with Crippen molar-refractivity contribution in [1.82, 2.24) is 0 Å². The van der Waals surface area contributed by atoms with Gasteiger partial charge in [-0.25, -0.2) is 4.79 Å². The van der Waals surface area contributed by atoms with Crippen LogP contribution in [-0.4, -0.2) is 18.5 Å². The van der Waals surface area contributed by atoms with Gasteiger partial charge in [0.15, 0.2) is 12.4 Å². The molecule has 1 aliphatic rings. The van der Waals surface area contributed by atoms with Crippen molar-refractivity contribution < 1.29 is 19.1 Å². The van der Waals surface area contributed by atoms with Crippen LogP contribution in [0.3, 0.4) is 0 Å². The summed E-state index contributed by atoms with van der Waals surface area (Å²) in [4.78, 5) is 22.5. The van der Waals surface area contributed by atoms with E-state index in [2.05, 4.69) is 5.32 Å². The summed E-state index contributed by atoms with van der Waals surface area (Å²) in [6.45, 7) is 0.216. The first-order valence-electron chi connectivity index (χ1n) is 6.97. The number of benzene rings is 2. The number of rotatable bonds is 4. The van der Waals surface area contributed by atoms with Gasteiger partial charge < -0.3 is 9.47 Å². The molecule has 5 heteroatoms. The fraction of sp³-hybridized carbons (Fsp3) is 0.176. The van der Waals surface area contributed by atoms with Gasteiger partial charge in [0.25, 0.3) is 0 Å². The van der Waals surface area contributed by atoms with Crippen molar-refractivity contribution in [3.8, 4) is 5.75 Å². The summed E-state index contributed by atoms with van der Waals surface area (Å²) in [6, 6.07) is 14.7. The highest BCUT2D eigenvalue weighted by molar-refractivity contribution is 5.85. The van der Waals surface area contributed by atoms with Crippen molar-refractivity contribution in [3.05, 3.63) is 59.7 Å². The van der Waals surface area contributed by atoms with E-state index in [-0.39, 0.29) is 6.61 Å². The SMILES string of the molecule is O=CC1Cc2cc(NC(=O)OCc3ccccc3)ccc2O1. The fourth-order valence-corrected chi connectivity index (χ4v) is 2.31. The Morgan fingerprint density at radius 1 is 1.27 bits per heavy atom. The second kappa shape index (κ2) is 6.30. The fourth-order valence-electron chi connectivity index (χ4n) is 2.31. The van der Waals surface area contributed by atoms with Gasteiger partial charge in [-0.2, -0.15) is 0 Å². The van der Waals surface area contributed by atoms with Crippen molar-refractivity contribution in [2.75, 3.05) is 5.32 Å². The molecule has 1 atom stereocenters. The molecule has 0 aliphatic carbocycles. The number of ether oxygens (including phenoxy) is 2. The summed E-state index contributed by atoms with van der Waals surface area (Å²) in [6.07, 6.45) is 0.346. The van der Waals surface area contributed by atoms with Gasteiger partial charge in [0.2, 0.25) is 0 Å². The molecule has 0 saturated carbocycles. The Hall–Kier alpha value is -2.82. The monoisotopic (exact) mass is 297 g/mol. The summed E-state index contributed by atoms with van der Waals surface area (Å²) in [7, 11) is 0. The van der Waals surface area contributed by atoms with Gasteiger partial charge in [-0.3, -0.25) is 10.1 Å². The number of amides is 1. The molecular weight excluding hydrogens is 282 g/mol. The smallest absolute Gasteiger partial charge is 0.411 e. The van der Waals surface area contributed by atoms with Crippen LogP contribution in [0, 0.1) is 0 Å². The maximum Gasteiger partial charge on any atom is 0.411 e. The molecule has 0 radical (unpaired) electrons. The van der Waals surface area contributed by atoms with Crippen molar-refractivity contribution in [2.24, 2.45) is 0 Å². The van der Waals surface area contributed by atoms with Gasteiger partial charge in [-0.1, -0.05) is 30.3 Å². The molecule has 5 nitrogen and oxygen atoms in total. The van der Waals surface area contributed by atoms with Crippen LogP contribution in [0.1, 0.15) is 11.1 Å². The maximum atomic E-state index is 11.8. The van der Waals surface area contributed by atoms with Crippen molar-refractivity contribution >= 4 is 18.1 Å². The number of aldehydes is 1. The quantitative estimate of drug-likeness (QED) is 0.881. The minimum absolute atomic E-state index is 0.216. The van der Waals surface area contributed by atoms with Crippen LogP contribution in [0.5, 0.6) is 5.75 Å². The number of hydrogen-bond acceptors (Lipinski definition) is 4. The van der Waals surface area contributed by atoms with E-state index in [0.29, 0.717) is 17.9 Å². The Balaban J connectivity index is 1.57. The van der Waals surface area contributed by atoms with E-state index in [1.165, 1.54) is 0 Å². The third-order valence-electron chi connectivity index (χ3n) is 3.37. The summed E-state index contributed by atoms with van der Waals surface area (Å²) < 4.78 is 10.6. The number of fused-ring (bicyclic) bond motifs is 1. The Morgan fingerprint density at radius 3 is 2.86 bits per heavy atom. The van der Waals surface area contributed by atoms with E-state index in [1.807, 2.05) is 30.3 Å². The van der Waals surface area contributed by atoms with Gasteiger partial charge >= 0.3 is 6.09 Å². The Labute approximate surface area is 127 Å². The molecule has 1 heterocycles. The first-order chi connectivity index (χ1) is 10.7. The molecule has 22 heavy (non-hydrogen) atoms. The van der Waals surface area contributed by atoms with E-state index in [4.69, 9.17) is 9.47 Å². The van der Waals surface area contributed by atoms with Crippen LogP contribution in [0.4, 0.5) is 10.5 Å². The molecule has 1 amide bonds. The summed E-state index contributed by atoms with van der Waals surface area (Å²) >= 11 is 0. The molecule has 0 fully saturated rings. The highest BCUT2D eigenvalue weighted by atomic mass is 16.5. The molecule has 0 aromatic heterocycles. The zero-order valence-electron chi connectivity index (χ0n) is 11.8. The maximum absolute atomic E-state index is 11.8. The molecule has 1 unspecified atom stereocenters. The summed E-state index contributed by atoms with van der Waals surface area (Å²) in [5.74, 6) is 0.681. The number of carbonyl (C=O) groups excluding carboxylic acids is 2. The van der Waals surface area contributed by atoms with Gasteiger partial charge in [0.05, 0.1) is 0 Å². The summed E-state index contributed by atoms with van der Waals surface area (Å²) in [5, 5.41) is 2.67. The summed E-state index contributed by atoms with van der Waals surface area (Å²) in [5.41, 5.74) is 2.44. The third kappa shape index (κ3) is 3.25. The standard InChI is InChI=1S/C17H15NO4/c19-10-15-9-13-8-14(6-7-16(13)22-15)18-17(20)21-11-12-4-2-1-3-5-12/h1-8,10,15H,9,11H2,(H,18,20). The highest BCUT2D eigenvalue weighted by Crippen LogP contribution is 2.30.